The van der Waals surface area contributed by atoms with Crippen LogP contribution < -0.4 is 0 Å². The standard InChI is InChI=1S/C9H6N2O/c10-4-3-8-6-7-2-1-5-11-9(7)12-8/h1-2,5-6H,3H2. The molecule has 0 amide bonds. The van der Waals surface area contributed by atoms with Gasteiger partial charge in [-0.05, 0) is 18.2 Å². The minimum Gasteiger partial charge on any atom is -0.442 e. The van der Waals surface area contributed by atoms with Crippen molar-refractivity contribution in [3.63, 3.8) is 0 Å². The average molecular weight is 158 g/mol. The number of hydrogen-bond acceptors (Lipinski definition) is 3. The second-order valence-corrected chi connectivity index (χ2v) is 2.45. The Balaban J connectivity index is 2.56. The van der Waals surface area contributed by atoms with Gasteiger partial charge in [-0.25, -0.2) is 4.98 Å². The summed E-state index contributed by atoms with van der Waals surface area (Å²) in [6.45, 7) is 0. The lowest BCUT2D eigenvalue weighted by atomic mass is 10.3. The van der Waals surface area contributed by atoms with Crippen LogP contribution >= 0.6 is 0 Å². The van der Waals surface area contributed by atoms with E-state index >= 15 is 0 Å². The van der Waals surface area contributed by atoms with Crippen molar-refractivity contribution in [2.24, 2.45) is 0 Å². The fourth-order valence-electron chi connectivity index (χ4n) is 1.09. The van der Waals surface area contributed by atoms with Crippen molar-refractivity contribution in [2.75, 3.05) is 0 Å². The minimum atomic E-state index is 0.302. The SMILES string of the molecule is N#CCc1cc2cccnc2o1. The summed E-state index contributed by atoms with van der Waals surface area (Å²) in [5, 5.41) is 9.36. The van der Waals surface area contributed by atoms with Crippen LogP contribution in [-0.2, 0) is 6.42 Å². The van der Waals surface area contributed by atoms with Crippen molar-refractivity contribution in [3.8, 4) is 6.07 Å². The number of aromatic nitrogens is 1. The summed E-state index contributed by atoms with van der Waals surface area (Å²) in [6.07, 6.45) is 1.97. The molecule has 12 heavy (non-hydrogen) atoms. The zero-order valence-electron chi connectivity index (χ0n) is 6.32. The normalized spacial score (nSPS) is 9.92. The third kappa shape index (κ3) is 1.04. The van der Waals surface area contributed by atoms with Gasteiger partial charge in [0.25, 0.3) is 0 Å². The van der Waals surface area contributed by atoms with Crippen LogP contribution in [0.3, 0.4) is 0 Å². The van der Waals surface area contributed by atoms with E-state index in [1.54, 1.807) is 6.20 Å². The Morgan fingerprint density at radius 1 is 1.58 bits per heavy atom. The van der Waals surface area contributed by atoms with E-state index in [-0.39, 0.29) is 0 Å². The van der Waals surface area contributed by atoms with Gasteiger partial charge in [-0.3, -0.25) is 0 Å². The largest absolute Gasteiger partial charge is 0.442 e. The van der Waals surface area contributed by atoms with Crippen LogP contribution in [0, 0.1) is 11.3 Å². The highest BCUT2D eigenvalue weighted by Gasteiger charge is 2.01. The van der Waals surface area contributed by atoms with Crippen LogP contribution in [0.1, 0.15) is 5.76 Å². The molecule has 3 nitrogen and oxygen atoms in total. The van der Waals surface area contributed by atoms with Crippen molar-refractivity contribution in [3.05, 3.63) is 30.2 Å². The van der Waals surface area contributed by atoms with E-state index in [4.69, 9.17) is 9.68 Å². The lowest BCUT2D eigenvalue weighted by Gasteiger charge is -1.82. The number of fused-ring (bicyclic) bond motifs is 1. The van der Waals surface area contributed by atoms with Crippen LogP contribution in [0.5, 0.6) is 0 Å². The molecule has 0 spiro atoms. The molecule has 0 aromatic carbocycles. The van der Waals surface area contributed by atoms with Crippen molar-refractivity contribution in [2.45, 2.75) is 6.42 Å². The predicted molar refractivity (Wildman–Crippen MR) is 43.3 cm³/mol. The van der Waals surface area contributed by atoms with Crippen LogP contribution in [0.15, 0.2) is 28.8 Å². The summed E-state index contributed by atoms with van der Waals surface area (Å²) in [4.78, 5) is 4.01. The van der Waals surface area contributed by atoms with E-state index in [0.717, 1.165) is 5.39 Å². The zero-order chi connectivity index (χ0) is 8.39. The fraction of sp³-hybridized carbons (Fsp3) is 0.111. The van der Waals surface area contributed by atoms with Crippen LogP contribution in [-0.4, -0.2) is 4.98 Å². The third-order valence-corrected chi connectivity index (χ3v) is 1.60. The molecule has 2 rings (SSSR count). The highest BCUT2D eigenvalue weighted by molar-refractivity contribution is 5.73. The molecule has 0 aliphatic carbocycles. The quantitative estimate of drug-likeness (QED) is 0.636. The number of nitriles is 1. The molecule has 3 heteroatoms. The van der Waals surface area contributed by atoms with Crippen LogP contribution in [0.4, 0.5) is 0 Å². The molecule has 2 aromatic rings. The van der Waals surface area contributed by atoms with Gasteiger partial charge in [-0.15, -0.1) is 0 Å². The van der Waals surface area contributed by atoms with Crippen molar-refractivity contribution in [1.29, 1.82) is 5.26 Å². The minimum absolute atomic E-state index is 0.302. The Kier molecular flexibility index (Phi) is 1.52. The maximum atomic E-state index is 8.41. The molecule has 0 aliphatic rings. The lowest BCUT2D eigenvalue weighted by Crippen LogP contribution is -1.71. The van der Waals surface area contributed by atoms with Gasteiger partial charge in [0.2, 0.25) is 5.71 Å². The molecule has 0 radical (unpaired) electrons. The molecule has 0 N–H and O–H groups in total. The first kappa shape index (κ1) is 6.86. The van der Waals surface area contributed by atoms with E-state index in [1.807, 2.05) is 24.3 Å². The first-order valence-corrected chi connectivity index (χ1v) is 3.60. The first-order valence-electron chi connectivity index (χ1n) is 3.60. The molecule has 2 aromatic heterocycles. The van der Waals surface area contributed by atoms with Gasteiger partial charge in [0.15, 0.2) is 0 Å². The highest BCUT2D eigenvalue weighted by atomic mass is 16.3. The number of hydrogen-bond donors (Lipinski definition) is 0. The second-order valence-electron chi connectivity index (χ2n) is 2.45. The predicted octanol–water partition coefficient (Wildman–Crippen LogP) is 1.89. The van der Waals surface area contributed by atoms with E-state index in [0.29, 0.717) is 17.9 Å². The van der Waals surface area contributed by atoms with Crippen molar-refractivity contribution < 1.29 is 4.42 Å². The Bertz CT molecular complexity index is 406. The maximum Gasteiger partial charge on any atom is 0.226 e. The van der Waals surface area contributed by atoms with Crippen molar-refractivity contribution in [1.82, 2.24) is 4.98 Å². The van der Waals surface area contributed by atoms with Gasteiger partial charge in [0.05, 0.1) is 12.5 Å². The summed E-state index contributed by atoms with van der Waals surface area (Å²) in [7, 11) is 0. The Morgan fingerprint density at radius 3 is 3.25 bits per heavy atom. The van der Waals surface area contributed by atoms with E-state index < -0.39 is 0 Å². The van der Waals surface area contributed by atoms with E-state index in [1.165, 1.54) is 0 Å². The summed E-state index contributed by atoms with van der Waals surface area (Å²) in [5.74, 6) is 0.672. The van der Waals surface area contributed by atoms with Gasteiger partial charge in [-0.2, -0.15) is 5.26 Å². The second kappa shape index (κ2) is 2.67. The Hall–Kier alpha value is -1.82. The monoisotopic (exact) mass is 158 g/mol. The summed E-state index contributed by atoms with van der Waals surface area (Å²) in [6, 6.07) is 7.61. The Morgan fingerprint density at radius 2 is 2.50 bits per heavy atom. The topological polar surface area (TPSA) is 49.8 Å². The van der Waals surface area contributed by atoms with Crippen LogP contribution in [0.2, 0.25) is 0 Å². The van der Waals surface area contributed by atoms with E-state index in [9.17, 15) is 0 Å². The van der Waals surface area contributed by atoms with Crippen molar-refractivity contribution >= 4 is 11.1 Å². The Labute approximate surface area is 69.2 Å². The van der Waals surface area contributed by atoms with Gasteiger partial charge in [0.1, 0.15) is 5.76 Å². The maximum absolute atomic E-state index is 8.41. The molecule has 0 unspecified atom stereocenters. The smallest absolute Gasteiger partial charge is 0.226 e. The number of pyridine rings is 1. The molecular formula is C9H6N2O. The van der Waals surface area contributed by atoms with Crippen LogP contribution in [0.25, 0.3) is 11.1 Å². The van der Waals surface area contributed by atoms with Gasteiger partial charge in [-0.1, -0.05) is 0 Å². The molecule has 0 saturated heterocycles. The lowest BCUT2D eigenvalue weighted by molar-refractivity contribution is 0.556. The molecule has 2 heterocycles. The van der Waals surface area contributed by atoms with Gasteiger partial charge >= 0.3 is 0 Å². The summed E-state index contributed by atoms with van der Waals surface area (Å²) < 4.78 is 5.27. The molecule has 0 fully saturated rings. The molecule has 0 saturated carbocycles. The molecule has 58 valence electrons. The highest BCUT2D eigenvalue weighted by Crippen LogP contribution is 2.16. The van der Waals surface area contributed by atoms with Gasteiger partial charge < -0.3 is 4.42 Å². The number of furan rings is 1. The summed E-state index contributed by atoms with van der Waals surface area (Å²) in [5.41, 5.74) is 0.600. The molecule has 0 aliphatic heterocycles. The third-order valence-electron chi connectivity index (χ3n) is 1.60. The summed E-state index contributed by atoms with van der Waals surface area (Å²) >= 11 is 0. The first-order chi connectivity index (χ1) is 5.90. The molecule has 0 bridgehead atoms. The fourth-order valence-corrected chi connectivity index (χ4v) is 1.09. The molecule has 0 atom stereocenters. The number of nitrogens with zero attached hydrogens (tertiary/aromatic N) is 2. The van der Waals surface area contributed by atoms with Gasteiger partial charge in [0, 0.05) is 11.6 Å². The number of rotatable bonds is 1. The average Bonchev–Trinajstić information content (AvgIpc) is 2.47. The molecular weight excluding hydrogens is 152 g/mol. The zero-order valence-corrected chi connectivity index (χ0v) is 6.32. The van der Waals surface area contributed by atoms with E-state index in [2.05, 4.69) is 4.98 Å².